The number of carbonyl (C=O) groups is 1. The predicted molar refractivity (Wildman–Crippen MR) is 47.9 cm³/mol. The molecule has 2 nitrogen and oxygen atoms in total. The Morgan fingerprint density at radius 2 is 2.33 bits per heavy atom. The summed E-state index contributed by atoms with van der Waals surface area (Å²) >= 11 is 0. The van der Waals surface area contributed by atoms with Gasteiger partial charge >= 0.3 is 5.97 Å². The summed E-state index contributed by atoms with van der Waals surface area (Å²) in [4.78, 5) is 10.4. The summed E-state index contributed by atoms with van der Waals surface area (Å²) < 4.78 is 0. The molecule has 1 aliphatic rings. The lowest BCUT2D eigenvalue weighted by Crippen LogP contribution is -2.17. The van der Waals surface area contributed by atoms with Crippen LogP contribution in [0.3, 0.4) is 0 Å². The molecule has 1 rings (SSSR count). The Balaban J connectivity index is 2.48. The molecule has 0 fully saturated rings. The van der Waals surface area contributed by atoms with Crippen LogP contribution >= 0.6 is 0 Å². The van der Waals surface area contributed by atoms with Crippen molar-refractivity contribution in [2.24, 2.45) is 11.3 Å². The predicted octanol–water partition coefficient (Wildman–Crippen LogP) is 2.45. The van der Waals surface area contributed by atoms with E-state index in [2.05, 4.69) is 26.0 Å². The van der Waals surface area contributed by atoms with Crippen LogP contribution in [0, 0.1) is 11.3 Å². The van der Waals surface area contributed by atoms with E-state index in [0.29, 0.717) is 0 Å². The van der Waals surface area contributed by atoms with E-state index < -0.39 is 5.97 Å². The van der Waals surface area contributed by atoms with E-state index in [1.807, 2.05) is 0 Å². The molecular formula is C10H16O2. The van der Waals surface area contributed by atoms with E-state index in [1.54, 1.807) is 0 Å². The third-order valence-corrected chi connectivity index (χ3v) is 2.42. The third kappa shape index (κ3) is 2.68. The van der Waals surface area contributed by atoms with Crippen LogP contribution in [0.1, 0.15) is 33.1 Å². The molecule has 12 heavy (non-hydrogen) atoms. The molecule has 0 saturated heterocycles. The van der Waals surface area contributed by atoms with E-state index in [-0.39, 0.29) is 17.8 Å². The molecule has 0 aromatic carbocycles. The molecular weight excluding hydrogens is 152 g/mol. The van der Waals surface area contributed by atoms with Crippen molar-refractivity contribution in [2.45, 2.75) is 33.1 Å². The first kappa shape index (κ1) is 9.30. The van der Waals surface area contributed by atoms with Gasteiger partial charge in [-0.25, -0.2) is 0 Å². The topological polar surface area (TPSA) is 37.3 Å². The molecule has 0 aromatic heterocycles. The van der Waals surface area contributed by atoms with Crippen molar-refractivity contribution in [1.29, 1.82) is 0 Å². The van der Waals surface area contributed by atoms with Gasteiger partial charge in [0, 0.05) is 0 Å². The summed E-state index contributed by atoms with van der Waals surface area (Å²) in [5.41, 5.74) is 0.273. The van der Waals surface area contributed by atoms with Gasteiger partial charge in [0.1, 0.15) is 0 Å². The molecule has 1 aliphatic carbocycles. The lowest BCUT2D eigenvalue weighted by molar-refractivity contribution is -0.137. The fraction of sp³-hybridized carbons (Fsp3) is 0.700. The van der Waals surface area contributed by atoms with Gasteiger partial charge < -0.3 is 5.11 Å². The quantitative estimate of drug-likeness (QED) is 0.643. The van der Waals surface area contributed by atoms with Crippen molar-refractivity contribution in [1.82, 2.24) is 0 Å². The number of allylic oxidation sites excluding steroid dienone is 2. The Morgan fingerprint density at radius 3 is 2.75 bits per heavy atom. The molecule has 1 unspecified atom stereocenters. The minimum Gasteiger partial charge on any atom is -0.481 e. The first-order valence-corrected chi connectivity index (χ1v) is 4.41. The van der Waals surface area contributed by atoms with Crippen LogP contribution in [0.5, 0.6) is 0 Å². The number of carboxylic acid groups (broad SMARTS) is 1. The average molecular weight is 168 g/mol. The van der Waals surface area contributed by atoms with Crippen LogP contribution in [0.2, 0.25) is 0 Å². The minimum atomic E-state index is -0.690. The highest BCUT2D eigenvalue weighted by atomic mass is 16.4. The number of aliphatic carboxylic acids is 1. The molecule has 1 N–H and O–H groups in total. The summed E-state index contributed by atoms with van der Waals surface area (Å²) in [5, 5.41) is 8.56. The van der Waals surface area contributed by atoms with Crippen LogP contribution in [-0.2, 0) is 4.79 Å². The zero-order chi connectivity index (χ0) is 9.19. The second-order valence-corrected chi connectivity index (χ2v) is 4.24. The van der Waals surface area contributed by atoms with Crippen molar-refractivity contribution >= 4 is 5.97 Å². The molecule has 0 bridgehead atoms. The monoisotopic (exact) mass is 168 g/mol. The highest BCUT2D eigenvalue weighted by Gasteiger charge is 2.22. The Morgan fingerprint density at radius 1 is 1.67 bits per heavy atom. The molecule has 68 valence electrons. The molecule has 0 heterocycles. The van der Waals surface area contributed by atoms with E-state index in [1.165, 1.54) is 0 Å². The van der Waals surface area contributed by atoms with Crippen molar-refractivity contribution in [3.8, 4) is 0 Å². The Hall–Kier alpha value is -0.790. The summed E-state index contributed by atoms with van der Waals surface area (Å²) in [6.07, 6.45) is 6.59. The fourth-order valence-electron chi connectivity index (χ4n) is 1.53. The highest BCUT2D eigenvalue weighted by molar-refractivity contribution is 5.67. The maximum atomic E-state index is 10.4. The summed E-state index contributed by atoms with van der Waals surface area (Å²) in [6.45, 7) is 4.36. The van der Waals surface area contributed by atoms with Gasteiger partial charge in [0.05, 0.1) is 6.42 Å². The van der Waals surface area contributed by atoms with Crippen LogP contribution in [0.4, 0.5) is 0 Å². The van der Waals surface area contributed by atoms with E-state index in [0.717, 1.165) is 12.8 Å². The number of carboxylic acids is 1. The Bertz CT molecular complexity index is 204. The smallest absolute Gasteiger partial charge is 0.303 e. The lowest BCUT2D eigenvalue weighted by Gasteiger charge is -2.27. The fourth-order valence-corrected chi connectivity index (χ4v) is 1.53. The summed E-state index contributed by atoms with van der Waals surface area (Å²) in [5.74, 6) is -0.431. The van der Waals surface area contributed by atoms with Crippen LogP contribution < -0.4 is 0 Å². The highest BCUT2D eigenvalue weighted by Crippen LogP contribution is 2.33. The van der Waals surface area contributed by atoms with E-state index in [4.69, 9.17) is 5.11 Å². The molecule has 0 spiro atoms. The van der Waals surface area contributed by atoms with Gasteiger partial charge in [-0.15, -0.1) is 0 Å². The van der Waals surface area contributed by atoms with Crippen LogP contribution in [0.15, 0.2) is 12.2 Å². The zero-order valence-corrected chi connectivity index (χ0v) is 7.71. The lowest BCUT2D eigenvalue weighted by atomic mass is 9.78. The first-order chi connectivity index (χ1) is 5.49. The molecule has 0 amide bonds. The number of hydrogen-bond acceptors (Lipinski definition) is 1. The van der Waals surface area contributed by atoms with Gasteiger partial charge in [-0.2, -0.15) is 0 Å². The summed E-state index contributed by atoms with van der Waals surface area (Å²) in [6, 6.07) is 0. The Kier molecular flexibility index (Phi) is 2.55. The number of rotatable bonds is 2. The van der Waals surface area contributed by atoms with Gasteiger partial charge in [-0.05, 0) is 24.2 Å². The van der Waals surface area contributed by atoms with Crippen molar-refractivity contribution in [3.63, 3.8) is 0 Å². The Labute approximate surface area is 73.3 Å². The maximum absolute atomic E-state index is 10.4. The van der Waals surface area contributed by atoms with Crippen LogP contribution in [-0.4, -0.2) is 11.1 Å². The maximum Gasteiger partial charge on any atom is 0.303 e. The SMILES string of the molecule is CC1(C)C=CC(CC(=O)O)CC1. The second kappa shape index (κ2) is 3.30. The van der Waals surface area contributed by atoms with Crippen molar-refractivity contribution in [2.75, 3.05) is 0 Å². The van der Waals surface area contributed by atoms with E-state index >= 15 is 0 Å². The van der Waals surface area contributed by atoms with Crippen molar-refractivity contribution < 1.29 is 9.90 Å². The first-order valence-electron chi connectivity index (χ1n) is 4.41. The largest absolute Gasteiger partial charge is 0.481 e. The van der Waals surface area contributed by atoms with Crippen LogP contribution in [0.25, 0.3) is 0 Å². The second-order valence-electron chi connectivity index (χ2n) is 4.24. The van der Waals surface area contributed by atoms with Gasteiger partial charge in [0.15, 0.2) is 0 Å². The molecule has 2 heteroatoms. The molecule has 0 aromatic rings. The van der Waals surface area contributed by atoms with Gasteiger partial charge in [0.25, 0.3) is 0 Å². The average Bonchev–Trinajstić information content (AvgIpc) is 1.93. The standard InChI is InChI=1S/C10H16O2/c1-10(2)5-3-8(4-6-10)7-9(11)12/h3,5,8H,4,6-7H2,1-2H3,(H,11,12). The third-order valence-electron chi connectivity index (χ3n) is 2.42. The molecule has 0 radical (unpaired) electrons. The van der Waals surface area contributed by atoms with Gasteiger partial charge in [0.2, 0.25) is 0 Å². The molecule has 1 atom stereocenters. The van der Waals surface area contributed by atoms with Crippen molar-refractivity contribution in [3.05, 3.63) is 12.2 Å². The molecule has 0 aliphatic heterocycles. The zero-order valence-electron chi connectivity index (χ0n) is 7.71. The molecule has 0 saturated carbocycles. The number of hydrogen-bond donors (Lipinski definition) is 1. The minimum absolute atomic E-state index is 0.260. The normalized spacial score (nSPS) is 27.0. The van der Waals surface area contributed by atoms with Gasteiger partial charge in [-0.3, -0.25) is 4.79 Å². The summed E-state index contributed by atoms with van der Waals surface area (Å²) in [7, 11) is 0. The van der Waals surface area contributed by atoms with E-state index in [9.17, 15) is 4.79 Å². The van der Waals surface area contributed by atoms with Gasteiger partial charge in [-0.1, -0.05) is 26.0 Å².